The van der Waals surface area contributed by atoms with Gasteiger partial charge < -0.3 is 5.73 Å². The third-order valence-electron chi connectivity index (χ3n) is 2.29. The first-order chi connectivity index (χ1) is 8.48. The molecule has 106 valence electrons. The monoisotopic (exact) mass is 288 g/mol. The normalized spacial score (nSPS) is 14.3. The van der Waals surface area contributed by atoms with Gasteiger partial charge in [0.1, 0.15) is 11.9 Å². The van der Waals surface area contributed by atoms with E-state index in [9.17, 15) is 36.5 Å². The molecule has 0 radical (unpaired) electrons. The van der Waals surface area contributed by atoms with Gasteiger partial charge >= 0.3 is 12.1 Å². The van der Waals surface area contributed by atoms with E-state index in [2.05, 4.69) is 0 Å². The zero-order valence-electron chi connectivity index (χ0n) is 8.92. The number of halogens is 6. The van der Waals surface area contributed by atoms with Crippen molar-refractivity contribution in [1.82, 2.24) is 0 Å². The fourth-order valence-corrected chi connectivity index (χ4v) is 1.31. The molecule has 1 aromatic rings. The molecule has 0 saturated carbocycles. The Morgan fingerprint density at radius 1 is 1.21 bits per heavy atom. The van der Waals surface area contributed by atoms with Crippen LogP contribution in [-0.4, -0.2) is 17.0 Å². The Kier molecular flexibility index (Phi) is 3.75. The minimum absolute atomic E-state index is 0.224. The van der Waals surface area contributed by atoms with Crippen LogP contribution in [-0.2, 0) is 0 Å². The van der Waals surface area contributed by atoms with Gasteiger partial charge in [0.05, 0.1) is 16.6 Å². The molecule has 0 aliphatic rings. The van der Waals surface area contributed by atoms with Crippen LogP contribution >= 0.6 is 0 Å². The molecule has 19 heavy (non-hydrogen) atoms. The second kappa shape index (κ2) is 4.68. The van der Waals surface area contributed by atoms with Crippen molar-refractivity contribution in [3.63, 3.8) is 0 Å². The minimum atomic E-state index is -5.98. The van der Waals surface area contributed by atoms with Crippen LogP contribution in [0.25, 0.3) is 0 Å². The average Bonchev–Trinajstić information content (AvgIpc) is 2.26. The lowest BCUT2D eigenvalue weighted by atomic mass is 9.99. The van der Waals surface area contributed by atoms with Gasteiger partial charge in [0.2, 0.25) is 0 Å². The Morgan fingerprint density at radius 3 is 2.16 bits per heavy atom. The Morgan fingerprint density at radius 2 is 1.74 bits per heavy atom. The molecule has 1 aromatic carbocycles. The molecule has 0 unspecified atom stereocenters. The molecule has 0 amide bonds. The summed E-state index contributed by atoms with van der Waals surface area (Å²) in [4.78, 5) is 9.23. The number of hydrogen-bond acceptors (Lipinski definition) is 3. The van der Waals surface area contributed by atoms with Gasteiger partial charge in [0.25, 0.3) is 5.69 Å². The van der Waals surface area contributed by atoms with Gasteiger partial charge in [-0.05, 0) is 12.1 Å². The lowest BCUT2D eigenvalue weighted by Gasteiger charge is -2.25. The Bertz CT molecular complexity index is 502. The number of nitrogens with zero attached hydrogens (tertiary/aromatic N) is 1. The first-order valence-electron chi connectivity index (χ1n) is 4.62. The second-order valence-corrected chi connectivity index (χ2v) is 3.56. The molecular weight excluding hydrogens is 282 g/mol. The highest BCUT2D eigenvalue weighted by Crippen LogP contribution is 2.45. The highest BCUT2D eigenvalue weighted by Gasteiger charge is 2.62. The molecule has 1 atom stereocenters. The zero-order valence-corrected chi connectivity index (χ0v) is 8.92. The maximum atomic E-state index is 13.0. The van der Waals surface area contributed by atoms with Gasteiger partial charge in [-0.25, -0.2) is 4.39 Å². The van der Waals surface area contributed by atoms with Crippen LogP contribution in [0.3, 0.4) is 0 Å². The van der Waals surface area contributed by atoms with Crippen molar-refractivity contribution in [2.45, 2.75) is 18.1 Å². The summed E-state index contributed by atoms with van der Waals surface area (Å²) < 4.78 is 75.0. The number of nitro benzene ring substituents is 1. The fourth-order valence-electron chi connectivity index (χ4n) is 1.31. The largest absolute Gasteiger partial charge is 0.455 e. The predicted molar refractivity (Wildman–Crippen MR) is 51.0 cm³/mol. The summed E-state index contributed by atoms with van der Waals surface area (Å²) in [6, 6.07) is -1.85. The number of rotatable bonds is 3. The number of nitro groups is 1. The molecule has 0 bridgehead atoms. The van der Waals surface area contributed by atoms with Crippen molar-refractivity contribution in [2.75, 3.05) is 0 Å². The number of benzene rings is 1. The van der Waals surface area contributed by atoms with E-state index in [0.717, 1.165) is 0 Å². The summed E-state index contributed by atoms with van der Waals surface area (Å²) >= 11 is 0. The molecule has 0 spiro atoms. The quantitative estimate of drug-likeness (QED) is 0.528. The lowest BCUT2D eigenvalue weighted by molar-refractivity contribution is -0.386. The average molecular weight is 288 g/mol. The molecule has 10 heteroatoms. The van der Waals surface area contributed by atoms with Crippen LogP contribution in [0.15, 0.2) is 18.2 Å². The van der Waals surface area contributed by atoms with Gasteiger partial charge in [-0.1, -0.05) is 0 Å². The van der Waals surface area contributed by atoms with E-state index >= 15 is 0 Å². The maximum absolute atomic E-state index is 13.0. The molecule has 2 N–H and O–H groups in total. The van der Waals surface area contributed by atoms with Crippen molar-refractivity contribution in [1.29, 1.82) is 0 Å². The molecule has 0 fully saturated rings. The van der Waals surface area contributed by atoms with Crippen molar-refractivity contribution in [3.05, 3.63) is 39.7 Å². The van der Waals surface area contributed by atoms with Gasteiger partial charge in [-0.15, -0.1) is 0 Å². The van der Waals surface area contributed by atoms with E-state index < -0.39 is 40.1 Å². The summed E-state index contributed by atoms with van der Waals surface area (Å²) in [6.07, 6.45) is -5.98. The molecule has 0 aliphatic carbocycles. The van der Waals surface area contributed by atoms with Crippen LogP contribution in [0.2, 0.25) is 0 Å². The first kappa shape index (κ1) is 15.2. The Hall–Kier alpha value is -1.84. The van der Waals surface area contributed by atoms with Crippen LogP contribution < -0.4 is 5.73 Å². The fraction of sp³-hybridized carbons (Fsp3) is 0.333. The smallest absolute Gasteiger partial charge is 0.318 e. The van der Waals surface area contributed by atoms with Gasteiger partial charge in [-0.2, -0.15) is 22.0 Å². The van der Waals surface area contributed by atoms with E-state index in [-0.39, 0.29) is 6.07 Å². The summed E-state index contributed by atoms with van der Waals surface area (Å²) in [5, 5.41) is 10.5. The molecular formula is C9H6F6N2O2. The van der Waals surface area contributed by atoms with E-state index in [1.165, 1.54) is 0 Å². The second-order valence-electron chi connectivity index (χ2n) is 3.56. The predicted octanol–water partition coefficient (Wildman–Crippen LogP) is 2.93. The van der Waals surface area contributed by atoms with Crippen molar-refractivity contribution >= 4 is 5.69 Å². The number of nitrogens with two attached hydrogens (primary N) is 1. The first-order valence-corrected chi connectivity index (χ1v) is 4.62. The molecule has 1 rings (SSSR count). The zero-order chi connectivity index (χ0) is 15.0. The van der Waals surface area contributed by atoms with Crippen LogP contribution in [0, 0.1) is 15.9 Å². The summed E-state index contributed by atoms with van der Waals surface area (Å²) in [5.41, 5.74) is 2.41. The topological polar surface area (TPSA) is 69.2 Å². The summed E-state index contributed by atoms with van der Waals surface area (Å²) in [6.45, 7) is 0. The highest BCUT2D eigenvalue weighted by atomic mass is 19.4. The van der Waals surface area contributed by atoms with Crippen molar-refractivity contribution in [3.8, 4) is 0 Å². The molecule has 4 nitrogen and oxygen atoms in total. The van der Waals surface area contributed by atoms with Gasteiger partial charge in [0.15, 0.2) is 0 Å². The van der Waals surface area contributed by atoms with Gasteiger partial charge in [-0.3, -0.25) is 10.1 Å². The molecule has 0 aliphatic heterocycles. The van der Waals surface area contributed by atoms with Crippen LogP contribution in [0.4, 0.5) is 32.0 Å². The molecule has 0 saturated heterocycles. The van der Waals surface area contributed by atoms with E-state index in [1.54, 1.807) is 0 Å². The standard InChI is InChI=1S/C9H6F6N2O2/c10-4-1-2-5(6(3-4)17(18)19)7(16)8(11,12)9(13,14)15/h1-3,7H,16H2/t7-/m1/s1. The lowest BCUT2D eigenvalue weighted by Crippen LogP contribution is -2.46. The Labute approximate surface area is 102 Å². The summed E-state index contributed by atoms with van der Waals surface area (Å²) in [5.74, 6) is -6.53. The Balaban J connectivity index is 3.35. The third kappa shape index (κ3) is 2.78. The van der Waals surface area contributed by atoms with E-state index in [0.29, 0.717) is 12.1 Å². The van der Waals surface area contributed by atoms with E-state index in [1.807, 2.05) is 0 Å². The minimum Gasteiger partial charge on any atom is -0.318 e. The van der Waals surface area contributed by atoms with Crippen LogP contribution in [0.5, 0.6) is 0 Å². The third-order valence-corrected chi connectivity index (χ3v) is 2.29. The van der Waals surface area contributed by atoms with Gasteiger partial charge in [0, 0.05) is 0 Å². The van der Waals surface area contributed by atoms with Crippen molar-refractivity contribution in [2.24, 2.45) is 5.73 Å². The number of alkyl halides is 5. The van der Waals surface area contributed by atoms with Crippen LogP contribution in [0.1, 0.15) is 11.6 Å². The number of hydrogen-bond donors (Lipinski definition) is 1. The highest BCUT2D eigenvalue weighted by molar-refractivity contribution is 5.43. The molecule has 0 heterocycles. The SMILES string of the molecule is N[C@H](c1ccc(F)cc1[N+](=O)[O-])C(F)(F)C(F)(F)F. The van der Waals surface area contributed by atoms with E-state index in [4.69, 9.17) is 5.73 Å². The molecule has 0 aromatic heterocycles. The summed E-state index contributed by atoms with van der Waals surface area (Å²) in [7, 11) is 0. The maximum Gasteiger partial charge on any atom is 0.455 e. The van der Waals surface area contributed by atoms with Crippen molar-refractivity contribution < 1.29 is 31.3 Å².